The molecule has 0 radical (unpaired) electrons. The summed E-state index contributed by atoms with van der Waals surface area (Å²) in [6, 6.07) is 14.6. The number of fused-ring (bicyclic) bond motifs is 1. The predicted octanol–water partition coefficient (Wildman–Crippen LogP) is 3.24. The number of hydrogen-bond donors (Lipinski definition) is 3. The maximum absolute atomic E-state index is 13.8. The van der Waals surface area contributed by atoms with Gasteiger partial charge in [-0.3, -0.25) is 0 Å². The van der Waals surface area contributed by atoms with Crippen LogP contribution in [0.25, 0.3) is 0 Å². The van der Waals surface area contributed by atoms with Crippen LogP contribution in [0.4, 0.5) is 4.79 Å². The van der Waals surface area contributed by atoms with Crippen molar-refractivity contribution in [3.8, 4) is 0 Å². The number of aliphatic hydroxyl groups is 2. The van der Waals surface area contributed by atoms with E-state index in [1.54, 1.807) is 19.1 Å². The Morgan fingerprint density at radius 3 is 2.44 bits per heavy atom. The number of aliphatic hydroxyl groups excluding tert-OH is 2. The number of alkyl carbamates (subject to hydrolysis) is 1. The highest BCUT2D eigenvalue weighted by molar-refractivity contribution is 7.89. The van der Waals surface area contributed by atoms with Crippen molar-refractivity contribution in [3.05, 3.63) is 65.7 Å². The molecule has 4 rings (SSSR count). The first kappa shape index (κ1) is 31.4. The van der Waals surface area contributed by atoms with Gasteiger partial charge in [0.25, 0.3) is 0 Å². The Kier molecular flexibility index (Phi) is 10.8. The second-order valence-electron chi connectivity index (χ2n) is 11.1. The van der Waals surface area contributed by atoms with Crippen molar-refractivity contribution in [1.29, 1.82) is 0 Å². The van der Waals surface area contributed by atoms with Gasteiger partial charge in [-0.1, -0.05) is 62.7 Å². The minimum atomic E-state index is -3.99. The highest BCUT2D eigenvalue weighted by Gasteiger charge is 2.44. The molecule has 2 heterocycles. The van der Waals surface area contributed by atoms with E-state index in [-0.39, 0.29) is 49.1 Å². The molecule has 2 aliphatic heterocycles. The van der Waals surface area contributed by atoms with Gasteiger partial charge in [0, 0.05) is 13.1 Å². The number of rotatable bonds is 13. The lowest BCUT2D eigenvalue weighted by molar-refractivity contribution is -0.0907. The molecular weight excluding hydrogens is 548 g/mol. The van der Waals surface area contributed by atoms with E-state index < -0.39 is 40.5 Å². The minimum Gasteiger partial charge on any atom is -0.443 e. The van der Waals surface area contributed by atoms with Gasteiger partial charge in [0.15, 0.2) is 6.29 Å². The third-order valence-electron chi connectivity index (χ3n) is 7.91. The first-order valence-corrected chi connectivity index (χ1v) is 15.7. The number of benzene rings is 2. The fourth-order valence-corrected chi connectivity index (χ4v) is 6.75. The number of carbonyl (C=O) groups is 1. The zero-order valence-electron chi connectivity index (χ0n) is 23.9. The smallest absolute Gasteiger partial charge is 0.407 e. The van der Waals surface area contributed by atoms with Crippen LogP contribution in [0.15, 0.2) is 59.5 Å². The Hall–Kier alpha value is -2.54. The molecule has 0 spiro atoms. The maximum Gasteiger partial charge on any atom is 0.407 e. The Bertz CT molecular complexity index is 1220. The molecule has 2 saturated heterocycles. The molecule has 0 aliphatic carbocycles. The van der Waals surface area contributed by atoms with E-state index in [4.69, 9.17) is 14.2 Å². The van der Waals surface area contributed by atoms with Crippen molar-refractivity contribution in [2.24, 2.45) is 11.8 Å². The van der Waals surface area contributed by atoms with Gasteiger partial charge in [-0.05, 0) is 48.9 Å². The Morgan fingerprint density at radius 2 is 1.78 bits per heavy atom. The fraction of sp³-hybridized carbons (Fsp3) is 0.567. The summed E-state index contributed by atoms with van der Waals surface area (Å²) < 4.78 is 45.5. The van der Waals surface area contributed by atoms with Gasteiger partial charge in [-0.2, -0.15) is 4.31 Å². The minimum absolute atomic E-state index is 0.0307. The van der Waals surface area contributed by atoms with Gasteiger partial charge in [-0.15, -0.1) is 0 Å². The summed E-state index contributed by atoms with van der Waals surface area (Å²) in [4.78, 5) is 13.1. The number of nitrogens with one attached hydrogen (secondary N) is 1. The van der Waals surface area contributed by atoms with Crippen molar-refractivity contribution in [2.45, 2.75) is 75.6 Å². The first-order valence-electron chi connectivity index (χ1n) is 14.3. The molecule has 3 N–H and O–H groups in total. The van der Waals surface area contributed by atoms with E-state index in [1.165, 1.54) is 16.4 Å². The molecule has 10 nitrogen and oxygen atoms in total. The summed E-state index contributed by atoms with van der Waals surface area (Å²) in [5, 5.41) is 24.1. The molecule has 41 heavy (non-hydrogen) atoms. The molecule has 11 heteroatoms. The van der Waals surface area contributed by atoms with Crippen LogP contribution in [-0.2, 0) is 30.7 Å². The van der Waals surface area contributed by atoms with E-state index in [0.29, 0.717) is 12.2 Å². The number of ether oxygens (including phenoxy) is 3. The molecule has 7 atom stereocenters. The van der Waals surface area contributed by atoms with Gasteiger partial charge in [0.05, 0.1) is 42.3 Å². The number of carbonyl (C=O) groups excluding carboxylic acids is 1. The Morgan fingerprint density at radius 1 is 1.07 bits per heavy atom. The molecule has 226 valence electrons. The van der Waals surface area contributed by atoms with E-state index >= 15 is 0 Å². The predicted molar refractivity (Wildman–Crippen MR) is 152 cm³/mol. The molecule has 0 saturated carbocycles. The van der Waals surface area contributed by atoms with Crippen molar-refractivity contribution in [1.82, 2.24) is 9.62 Å². The summed E-state index contributed by atoms with van der Waals surface area (Å²) in [6.07, 6.45) is -1.73. The SMILES string of the molecule is CC[C@H](C)CN(C[C@@H](O)[C@H](Cc1ccccc1)NC(=O)O[C@H]1CO[C@H]2OCC[C@H]21)S(=O)(=O)c1ccc([C@H](C)O)cc1. The molecule has 0 unspecified atom stereocenters. The Labute approximate surface area is 242 Å². The third-order valence-corrected chi connectivity index (χ3v) is 9.76. The average molecular weight is 591 g/mol. The molecule has 2 fully saturated rings. The first-order chi connectivity index (χ1) is 19.6. The Balaban J connectivity index is 1.53. The van der Waals surface area contributed by atoms with Crippen molar-refractivity contribution >= 4 is 16.1 Å². The van der Waals surface area contributed by atoms with Crippen LogP contribution < -0.4 is 5.32 Å². The molecule has 2 aliphatic rings. The number of sulfonamides is 1. The number of amides is 1. The quantitative estimate of drug-likeness (QED) is 0.324. The van der Waals surface area contributed by atoms with Crippen LogP contribution in [0.1, 0.15) is 50.8 Å². The molecular formula is C30H42N2O8S. The van der Waals surface area contributed by atoms with E-state index in [9.17, 15) is 23.4 Å². The fourth-order valence-electron chi connectivity index (χ4n) is 5.17. The summed E-state index contributed by atoms with van der Waals surface area (Å²) in [5.41, 5.74) is 1.47. The van der Waals surface area contributed by atoms with E-state index in [1.807, 2.05) is 44.2 Å². The van der Waals surface area contributed by atoms with Gasteiger partial charge in [0.1, 0.15) is 6.10 Å². The van der Waals surface area contributed by atoms with Gasteiger partial charge >= 0.3 is 6.09 Å². The van der Waals surface area contributed by atoms with E-state index in [2.05, 4.69) is 5.32 Å². The lowest BCUT2D eigenvalue weighted by atomic mass is 10.0. The second-order valence-corrected chi connectivity index (χ2v) is 13.0. The van der Waals surface area contributed by atoms with Crippen LogP contribution in [0, 0.1) is 11.8 Å². The summed E-state index contributed by atoms with van der Waals surface area (Å²) in [5.74, 6) is -0.00206. The topological polar surface area (TPSA) is 135 Å². The normalized spacial score (nSPS) is 23.5. The molecule has 2 aromatic rings. The van der Waals surface area contributed by atoms with Crippen molar-refractivity contribution in [3.63, 3.8) is 0 Å². The summed E-state index contributed by atoms with van der Waals surface area (Å²) in [6.45, 7) is 6.29. The molecule has 0 aromatic heterocycles. The molecule has 2 aromatic carbocycles. The lowest BCUT2D eigenvalue weighted by Crippen LogP contribution is -2.51. The second kappa shape index (κ2) is 14.1. The highest BCUT2D eigenvalue weighted by atomic mass is 32.2. The summed E-state index contributed by atoms with van der Waals surface area (Å²) >= 11 is 0. The lowest BCUT2D eigenvalue weighted by Gasteiger charge is -2.31. The third kappa shape index (κ3) is 8.06. The maximum atomic E-state index is 13.8. The molecule has 1 amide bonds. The average Bonchev–Trinajstić information content (AvgIpc) is 3.58. The molecule has 0 bridgehead atoms. The standard InChI is InChI=1S/C30H42N2O8S/c1-4-20(2)17-32(41(36,37)24-12-10-23(11-13-24)21(3)33)18-27(34)26(16-22-8-6-5-7-9-22)31-30(35)40-28-19-39-29-25(28)14-15-38-29/h5-13,20-21,25-29,33-34H,4,14-19H2,1-3H3,(H,31,35)/t20-,21-,25-,26-,27+,28-,29+/m0/s1. The monoisotopic (exact) mass is 590 g/mol. The van der Waals surface area contributed by atoms with Gasteiger partial charge in [-0.25, -0.2) is 13.2 Å². The zero-order valence-corrected chi connectivity index (χ0v) is 24.7. The van der Waals surface area contributed by atoms with Crippen molar-refractivity contribution in [2.75, 3.05) is 26.3 Å². The van der Waals surface area contributed by atoms with E-state index in [0.717, 1.165) is 18.4 Å². The van der Waals surface area contributed by atoms with Crippen LogP contribution in [0.3, 0.4) is 0 Å². The van der Waals surface area contributed by atoms with Crippen molar-refractivity contribution < 1.29 is 37.6 Å². The van der Waals surface area contributed by atoms with Crippen LogP contribution in [-0.4, -0.2) is 79.9 Å². The van der Waals surface area contributed by atoms with Crippen LogP contribution >= 0.6 is 0 Å². The van der Waals surface area contributed by atoms with Crippen LogP contribution in [0.5, 0.6) is 0 Å². The largest absolute Gasteiger partial charge is 0.443 e. The van der Waals surface area contributed by atoms with Crippen LogP contribution in [0.2, 0.25) is 0 Å². The van der Waals surface area contributed by atoms with Gasteiger partial charge in [0.2, 0.25) is 10.0 Å². The zero-order chi connectivity index (χ0) is 29.6. The summed E-state index contributed by atoms with van der Waals surface area (Å²) in [7, 11) is -3.99. The number of hydrogen-bond acceptors (Lipinski definition) is 8. The highest BCUT2D eigenvalue weighted by Crippen LogP contribution is 2.33. The van der Waals surface area contributed by atoms with Gasteiger partial charge < -0.3 is 29.7 Å². The number of nitrogens with zero attached hydrogens (tertiary/aromatic N) is 1.